The molecule has 0 fully saturated rings. The van der Waals surface area contributed by atoms with Crippen LogP contribution in [0, 0.1) is 0 Å². The molecule has 1 aromatic carbocycles. The van der Waals surface area contributed by atoms with Crippen molar-refractivity contribution in [2.75, 3.05) is 0 Å². The Hall–Kier alpha value is -0.890. The van der Waals surface area contributed by atoms with Gasteiger partial charge in [0.05, 0.1) is 0 Å². The first-order chi connectivity index (χ1) is 6.20. The summed E-state index contributed by atoms with van der Waals surface area (Å²) in [7, 11) is 0. The van der Waals surface area contributed by atoms with E-state index in [4.69, 9.17) is 0 Å². The summed E-state index contributed by atoms with van der Waals surface area (Å²) in [4.78, 5) is 10.6. The lowest BCUT2D eigenvalue weighted by atomic mass is 10.1. The van der Waals surface area contributed by atoms with Crippen LogP contribution in [0.4, 0.5) is 0 Å². The summed E-state index contributed by atoms with van der Waals surface area (Å²) < 4.78 is 1.09. The lowest BCUT2D eigenvalue weighted by Crippen LogP contribution is -1.85. The lowest BCUT2D eigenvalue weighted by molar-refractivity contribution is -0.112. The molecule has 0 saturated heterocycles. The van der Waals surface area contributed by atoms with Gasteiger partial charge in [0.15, 0.2) is 5.78 Å². The maximum absolute atomic E-state index is 10.6. The van der Waals surface area contributed by atoms with E-state index < -0.39 is 0 Å². The summed E-state index contributed by atoms with van der Waals surface area (Å²) >= 11 is 3.44. The Morgan fingerprint density at radius 2 is 2.15 bits per heavy atom. The highest BCUT2D eigenvalue weighted by molar-refractivity contribution is 9.10. The first-order valence-corrected chi connectivity index (χ1v) is 4.90. The molecule has 0 bridgehead atoms. The summed E-state index contributed by atoms with van der Waals surface area (Å²) in [5, 5.41) is 0. The maximum atomic E-state index is 10.6. The standard InChI is InChI=1S/C11H11BrO/c1-9(13)5-4-7-10-6-2-3-8-11(10)12/h2-6,8H,7H2,1H3/b5-4+. The van der Waals surface area contributed by atoms with Crippen LogP contribution in [0.1, 0.15) is 12.5 Å². The molecule has 0 atom stereocenters. The van der Waals surface area contributed by atoms with Crippen molar-refractivity contribution in [2.45, 2.75) is 13.3 Å². The van der Waals surface area contributed by atoms with E-state index in [1.54, 1.807) is 13.0 Å². The molecule has 0 spiro atoms. The van der Waals surface area contributed by atoms with E-state index in [0.29, 0.717) is 0 Å². The second kappa shape index (κ2) is 4.97. The van der Waals surface area contributed by atoms with Crippen molar-refractivity contribution in [3.05, 3.63) is 46.5 Å². The zero-order valence-corrected chi connectivity index (χ0v) is 9.04. The van der Waals surface area contributed by atoms with Crippen molar-refractivity contribution in [1.82, 2.24) is 0 Å². The Labute approximate surface area is 86.6 Å². The van der Waals surface area contributed by atoms with Crippen LogP contribution < -0.4 is 0 Å². The summed E-state index contributed by atoms with van der Waals surface area (Å²) in [6.07, 6.45) is 4.27. The van der Waals surface area contributed by atoms with Crippen LogP contribution in [0.15, 0.2) is 40.9 Å². The minimum atomic E-state index is 0.0899. The smallest absolute Gasteiger partial charge is 0.152 e. The Bertz CT molecular complexity index is 329. The summed E-state index contributed by atoms with van der Waals surface area (Å²) in [5.41, 5.74) is 1.19. The summed E-state index contributed by atoms with van der Waals surface area (Å²) in [5.74, 6) is 0.0899. The number of carbonyl (C=O) groups is 1. The minimum Gasteiger partial charge on any atom is -0.295 e. The molecule has 68 valence electrons. The Kier molecular flexibility index (Phi) is 3.90. The average Bonchev–Trinajstić information content (AvgIpc) is 2.08. The van der Waals surface area contributed by atoms with Crippen LogP contribution in [0.3, 0.4) is 0 Å². The van der Waals surface area contributed by atoms with E-state index >= 15 is 0 Å². The number of hydrogen-bond acceptors (Lipinski definition) is 1. The first-order valence-electron chi connectivity index (χ1n) is 4.10. The zero-order chi connectivity index (χ0) is 9.68. The third kappa shape index (κ3) is 3.55. The fraction of sp³-hybridized carbons (Fsp3) is 0.182. The molecule has 0 N–H and O–H groups in total. The van der Waals surface area contributed by atoms with Crippen LogP contribution in [0.2, 0.25) is 0 Å². The molecule has 0 saturated carbocycles. The van der Waals surface area contributed by atoms with Gasteiger partial charge in [-0.15, -0.1) is 0 Å². The second-order valence-corrected chi connectivity index (χ2v) is 3.66. The molecule has 2 heteroatoms. The van der Waals surface area contributed by atoms with Crippen molar-refractivity contribution in [3.63, 3.8) is 0 Å². The number of hydrogen-bond donors (Lipinski definition) is 0. The number of rotatable bonds is 3. The molecular formula is C11H11BrO. The van der Waals surface area contributed by atoms with Gasteiger partial charge in [-0.1, -0.05) is 40.2 Å². The average molecular weight is 239 g/mol. The molecular weight excluding hydrogens is 228 g/mol. The number of benzene rings is 1. The Balaban J connectivity index is 2.64. The van der Waals surface area contributed by atoms with Gasteiger partial charge in [0.25, 0.3) is 0 Å². The van der Waals surface area contributed by atoms with Gasteiger partial charge >= 0.3 is 0 Å². The molecule has 13 heavy (non-hydrogen) atoms. The molecule has 0 aromatic heterocycles. The normalized spacial score (nSPS) is 10.6. The summed E-state index contributed by atoms with van der Waals surface area (Å²) in [6.45, 7) is 1.55. The van der Waals surface area contributed by atoms with E-state index in [1.807, 2.05) is 30.3 Å². The number of carbonyl (C=O) groups excluding carboxylic acids is 1. The second-order valence-electron chi connectivity index (χ2n) is 2.81. The molecule has 0 heterocycles. The molecule has 0 amide bonds. The van der Waals surface area contributed by atoms with Gasteiger partial charge in [-0.2, -0.15) is 0 Å². The topological polar surface area (TPSA) is 17.1 Å². The Morgan fingerprint density at radius 3 is 2.77 bits per heavy atom. The van der Waals surface area contributed by atoms with Gasteiger partial charge in [0.1, 0.15) is 0 Å². The highest BCUT2D eigenvalue weighted by Gasteiger charge is 1.94. The van der Waals surface area contributed by atoms with Crippen LogP contribution in [-0.2, 0) is 11.2 Å². The maximum Gasteiger partial charge on any atom is 0.152 e. The third-order valence-corrected chi connectivity index (χ3v) is 2.42. The highest BCUT2D eigenvalue weighted by Crippen LogP contribution is 2.16. The molecule has 1 nitrogen and oxygen atoms in total. The number of ketones is 1. The van der Waals surface area contributed by atoms with Gasteiger partial charge in [0, 0.05) is 4.47 Å². The SMILES string of the molecule is CC(=O)/C=C/Cc1ccccc1Br. The largest absolute Gasteiger partial charge is 0.295 e. The molecule has 0 aliphatic heterocycles. The van der Waals surface area contributed by atoms with Crippen molar-refractivity contribution in [3.8, 4) is 0 Å². The highest BCUT2D eigenvalue weighted by atomic mass is 79.9. The van der Waals surface area contributed by atoms with E-state index in [0.717, 1.165) is 10.9 Å². The minimum absolute atomic E-state index is 0.0899. The first kappa shape index (κ1) is 10.2. The lowest BCUT2D eigenvalue weighted by Gasteiger charge is -1.98. The van der Waals surface area contributed by atoms with Gasteiger partial charge in [-0.25, -0.2) is 0 Å². The van der Waals surface area contributed by atoms with Crippen molar-refractivity contribution in [1.29, 1.82) is 0 Å². The quantitative estimate of drug-likeness (QED) is 0.740. The van der Waals surface area contributed by atoms with E-state index in [2.05, 4.69) is 15.9 Å². The fourth-order valence-corrected chi connectivity index (χ4v) is 1.46. The van der Waals surface area contributed by atoms with Crippen molar-refractivity contribution >= 4 is 21.7 Å². The van der Waals surface area contributed by atoms with Crippen molar-refractivity contribution < 1.29 is 4.79 Å². The predicted molar refractivity (Wildman–Crippen MR) is 57.7 cm³/mol. The molecule has 0 aliphatic rings. The van der Waals surface area contributed by atoms with Crippen LogP contribution in [-0.4, -0.2) is 5.78 Å². The zero-order valence-electron chi connectivity index (χ0n) is 7.46. The van der Waals surface area contributed by atoms with E-state index in [1.165, 1.54) is 5.56 Å². The molecule has 1 aromatic rings. The molecule has 0 unspecified atom stereocenters. The van der Waals surface area contributed by atoms with Crippen LogP contribution >= 0.6 is 15.9 Å². The monoisotopic (exact) mass is 238 g/mol. The predicted octanol–water partition coefficient (Wildman–Crippen LogP) is 3.14. The molecule has 0 aliphatic carbocycles. The van der Waals surface area contributed by atoms with Gasteiger partial charge in [-0.3, -0.25) is 4.79 Å². The van der Waals surface area contributed by atoms with E-state index in [9.17, 15) is 4.79 Å². The fourth-order valence-electron chi connectivity index (χ4n) is 1.02. The van der Waals surface area contributed by atoms with Crippen LogP contribution in [0.5, 0.6) is 0 Å². The van der Waals surface area contributed by atoms with Gasteiger partial charge in [-0.05, 0) is 31.1 Å². The number of halogens is 1. The summed E-state index contributed by atoms with van der Waals surface area (Å²) in [6, 6.07) is 8.00. The van der Waals surface area contributed by atoms with Gasteiger partial charge < -0.3 is 0 Å². The van der Waals surface area contributed by atoms with E-state index in [-0.39, 0.29) is 5.78 Å². The Morgan fingerprint density at radius 1 is 1.46 bits per heavy atom. The molecule has 0 radical (unpaired) electrons. The molecule has 1 rings (SSSR count). The van der Waals surface area contributed by atoms with Gasteiger partial charge in [0.2, 0.25) is 0 Å². The third-order valence-electron chi connectivity index (χ3n) is 1.65. The van der Waals surface area contributed by atoms with Crippen LogP contribution in [0.25, 0.3) is 0 Å². The van der Waals surface area contributed by atoms with Crippen molar-refractivity contribution in [2.24, 2.45) is 0 Å². The number of allylic oxidation sites excluding steroid dienone is 2.